The van der Waals surface area contributed by atoms with E-state index in [0.29, 0.717) is 6.54 Å². The first-order chi connectivity index (χ1) is 7.38. The lowest BCUT2D eigenvalue weighted by Gasteiger charge is -2.00. The zero-order chi connectivity index (χ0) is 10.5. The van der Waals surface area contributed by atoms with Crippen LogP contribution in [0.3, 0.4) is 0 Å². The highest BCUT2D eigenvalue weighted by atomic mass is 14.9. The minimum Gasteiger partial charge on any atom is -0.326 e. The molecular formula is C12H13N3. The topological polar surface area (TPSA) is 51.8 Å². The second kappa shape index (κ2) is 4.66. The molecule has 2 rings (SSSR count). The van der Waals surface area contributed by atoms with Crippen LogP contribution in [-0.2, 0) is 13.0 Å². The first-order valence-corrected chi connectivity index (χ1v) is 4.92. The van der Waals surface area contributed by atoms with Gasteiger partial charge in [0.25, 0.3) is 0 Å². The van der Waals surface area contributed by atoms with Crippen LogP contribution >= 0.6 is 0 Å². The van der Waals surface area contributed by atoms with Gasteiger partial charge in [-0.1, -0.05) is 30.3 Å². The second-order valence-electron chi connectivity index (χ2n) is 3.37. The molecule has 3 heteroatoms. The molecule has 0 spiro atoms. The van der Waals surface area contributed by atoms with Crippen LogP contribution in [0.15, 0.2) is 42.7 Å². The summed E-state index contributed by atoms with van der Waals surface area (Å²) in [7, 11) is 0. The summed E-state index contributed by atoms with van der Waals surface area (Å²) in [6.07, 6.45) is 4.34. The molecule has 0 amide bonds. The van der Waals surface area contributed by atoms with Gasteiger partial charge >= 0.3 is 0 Å². The van der Waals surface area contributed by atoms with Crippen molar-refractivity contribution in [3.63, 3.8) is 0 Å². The van der Waals surface area contributed by atoms with Gasteiger partial charge in [-0.05, 0) is 5.56 Å². The van der Waals surface area contributed by atoms with Crippen molar-refractivity contribution in [3.8, 4) is 0 Å². The van der Waals surface area contributed by atoms with Crippen molar-refractivity contribution in [2.45, 2.75) is 13.0 Å². The number of rotatable bonds is 3. The van der Waals surface area contributed by atoms with Gasteiger partial charge < -0.3 is 5.73 Å². The van der Waals surface area contributed by atoms with E-state index in [0.717, 1.165) is 17.8 Å². The average molecular weight is 199 g/mol. The highest BCUT2D eigenvalue weighted by Crippen LogP contribution is 2.04. The van der Waals surface area contributed by atoms with E-state index in [4.69, 9.17) is 5.73 Å². The Morgan fingerprint density at radius 3 is 2.20 bits per heavy atom. The molecule has 0 saturated heterocycles. The van der Waals surface area contributed by atoms with Crippen LogP contribution in [0.25, 0.3) is 0 Å². The second-order valence-corrected chi connectivity index (χ2v) is 3.37. The average Bonchev–Trinajstić information content (AvgIpc) is 2.31. The van der Waals surface area contributed by atoms with Crippen LogP contribution in [0.1, 0.15) is 17.0 Å². The number of nitrogens with two attached hydrogens (primary N) is 1. The van der Waals surface area contributed by atoms with Crippen molar-refractivity contribution in [2.24, 2.45) is 5.73 Å². The molecule has 0 fully saturated rings. The number of hydrogen-bond donors (Lipinski definition) is 1. The minimum absolute atomic E-state index is 0.492. The normalized spacial score (nSPS) is 10.2. The van der Waals surface area contributed by atoms with Gasteiger partial charge in [0.2, 0.25) is 0 Å². The molecule has 76 valence electrons. The van der Waals surface area contributed by atoms with Gasteiger partial charge in [0, 0.05) is 30.9 Å². The summed E-state index contributed by atoms with van der Waals surface area (Å²) in [6.45, 7) is 0.492. The molecule has 2 N–H and O–H groups in total. The highest BCUT2D eigenvalue weighted by molar-refractivity contribution is 5.19. The van der Waals surface area contributed by atoms with E-state index in [9.17, 15) is 0 Å². The summed E-state index contributed by atoms with van der Waals surface area (Å²) in [5, 5.41) is 0. The number of aromatic nitrogens is 2. The molecule has 1 aromatic heterocycles. The Balaban J connectivity index is 2.11. The van der Waals surface area contributed by atoms with E-state index < -0.39 is 0 Å². The Kier molecular flexibility index (Phi) is 3.05. The molecule has 0 aliphatic heterocycles. The summed E-state index contributed by atoms with van der Waals surface area (Å²) in [6, 6.07) is 10.2. The monoisotopic (exact) mass is 199 g/mol. The van der Waals surface area contributed by atoms with Gasteiger partial charge in [-0.3, -0.25) is 0 Å². The van der Waals surface area contributed by atoms with E-state index in [1.54, 1.807) is 12.4 Å². The maximum absolute atomic E-state index is 5.47. The third-order valence-corrected chi connectivity index (χ3v) is 2.20. The third-order valence-electron chi connectivity index (χ3n) is 2.20. The van der Waals surface area contributed by atoms with Crippen LogP contribution < -0.4 is 5.73 Å². The van der Waals surface area contributed by atoms with E-state index in [1.807, 2.05) is 18.2 Å². The molecule has 2 aromatic rings. The lowest BCUT2D eigenvalue weighted by Crippen LogP contribution is -2.01. The first kappa shape index (κ1) is 9.80. The molecular weight excluding hydrogens is 186 g/mol. The van der Waals surface area contributed by atoms with Crippen LogP contribution in [0.5, 0.6) is 0 Å². The van der Waals surface area contributed by atoms with Crippen LogP contribution in [0, 0.1) is 0 Å². The smallest absolute Gasteiger partial charge is 0.132 e. The Bertz CT molecular complexity index is 409. The molecule has 0 bridgehead atoms. The predicted molar refractivity (Wildman–Crippen MR) is 59.2 cm³/mol. The SMILES string of the molecule is NCc1cnc(Cc2ccccc2)nc1. The fourth-order valence-corrected chi connectivity index (χ4v) is 1.36. The molecule has 1 heterocycles. The minimum atomic E-state index is 0.492. The van der Waals surface area contributed by atoms with Crippen molar-refractivity contribution >= 4 is 0 Å². The Morgan fingerprint density at radius 1 is 0.933 bits per heavy atom. The standard InChI is InChI=1S/C12H13N3/c13-7-11-8-14-12(15-9-11)6-10-4-2-1-3-5-10/h1-5,8-9H,6-7,13H2. The maximum atomic E-state index is 5.47. The largest absolute Gasteiger partial charge is 0.326 e. The molecule has 3 nitrogen and oxygen atoms in total. The Labute approximate surface area is 89.0 Å². The zero-order valence-electron chi connectivity index (χ0n) is 8.43. The fraction of sp³-hybridized carbons (Fsp3) is 0.167. The quantitative estimate of drug-likeness (QED) is 0.815. The predicted octanol–water partition coefficient (Wildman–Crippen LogP) is 1.53. The molecule has 0 radical (unpaired) electrons. The van der Waals surface area contributed by atoms with Crippen LogP contribution in [-0.4, -0.2) is 9.97 Å². The van der Waals surface area contributed by atoms with Crippen molar-refractivity contribution in [2.75, 3.05) is 0 Å². The van der Waals surface area contributed by atoms with Gasteiger partial charge in [-0.2, -0.15) is 0 Å². The van der Waals surface area contributed by atoms with Crippen LogP contribution in [0.4, 0.5) is 0 Å². The van der Waals surface area contributed by atoms with Gasteiger partial charge in [-0.25, -0.2) is 9.97 Å². The third kappa shape index (κ3) is 2.60. The molecule has 0 unspecified atom stereocenters. The van der Waals surface area contributed by atoms with Crippen molar-refractivity contribution in [1.82, 2.24) is 9.97 Å². The fourth-order valence-electron chi connectivity index (χ4n) is 1.36. The highest BCUT2D eigenvalue weighted by Gasteiger charge is 1.98. The van der Waals surface area contributed by atoms with Crippen molar-refractivity contribution in [3.05, 3.63) is 59.7 Å². The van der Waals surface area contributed by atoms with E-state index in [2.05, 4.69) is 22.1 Å². The van der Waals surface area contributed by atoms with Gasteiger partial charge in [0.15, 0.2) is 0 Å². The maximum Gasteiger partial charge on any atom is 0.132 e. The summed E-state index contributed by atoms with van der Waals surface area (Å²) in [4.78, 5) is 8.51. The summed E-state index contributed by atoms with van der Waals surface area (Å²) in [5.41, 5.74) is 7.66. The molecule has 0 aliphatic carbocycles. The van der Waals surface area contributed by atoms with Gasteiger partial charge in [-0.15, -0.1) is 0 Å². The van der Waals surface area contributed by atoms with Gasteiger partial charge in [0.1, 0.15) is 5.82 Å². The number of hydrogen-bond acceptors (Lipinski definition) is 3. The molecule has 0 saturated carbocycles. The lowest BCUT2D eigenvalue weighted by molar-refractivity contribution is 0.925. The molecule has 0 aliphatic rings. The van der Waals surface area contributed by atoms with Gasteiger partial charge in [0.05, 0.1) is 0 Å². The summed E-state index contributed by atoms with van der Waals surface area (Å²) >= 11 is 0. The zero-order valence-corrected chi connectivity index (χ0v) is 8.43. The van der Waals surface area contributed by atoms with Crippen molar-refractivity contribution in [1.29, 1.82) is 0 Å². The first-order valence-electron chi connectivity index (χ1n) is 4.92. The van der Waals surface area contributed by atoms with E-state index >= 15 is 0 Å². The van der Waals surface area contributed by atoms with Crippen molar-refractivity contribution < 1.29 is 0 Å². The number of nitrogens with zero attached hydrogens (tertiary/aromatic N) is 2. The Hall–Kier alpha value is -1.74. The van der Waals surface area contributed by atoms with E-state index in [1.165, 1.54) is 5.56 Å². The van der Waals surface area contributed by atoms with Crippen LogP contribution in [0.2, 0.25) is 0 Å². The lowest BCUT2D eigenvalue weighted by atomic mass is 10.1. The van der Waals surface area contributed by atoms with E-state index in [-0.39, 0.29) is 0 Å². The summed E-state index contributed by atoms with van der Waals surface area (Å²) in [5.74, 6) is 0.832. The summed E-state index contributed by atoms with van der Waals surface area (Å²) < 4.78 is 0. The molecule has 15 heavy (non-hydrogen) atoms. The Morgan fingerprint density at radius 2 is 1.60 bits per heavy atom. The molecule has 1 aromatic carbocycles. The number of benzene rings is 1. The molecule has 0 atom stereocenters.